The molecule has 0 N–H and O–H groups in total. The monoisotopic (exact) mass is 227 g/mol. The number of benzene rings is 2. The van der Waals surface area contributed by atoms with Crippen molar-refractivity contribution in [1.29, 1.82) is 0 Å². The van der Waals surface area contributed by atoms with Crippen LogP contribution in [-0.4, -0.2) is 23.9 Å². The number of Topliss-reactive ketones (excluding diaryl/α,β-unsaturated/α-hetero) is 1. The van der Waals surface area contributed by atoms with E-state index in [1.165, 1.54) is 0 Å². The van der Waals surface area contributed by atoms with Gasteiger partial charge in [0.25, 0.3) is 0 Å². The second-order valence-corrected chi connectivity index (χ2v) is 4.34. The molecule has 0 saturated heterocycles. The van der Waals surface area contributed by atoms with Crippen molar-refractivity contribution in [1.82, 2.24) is 5.06 Å². The van der Waals surface area contributed by atoms with Gasteiger partial charge < -0.3 is 4.84 Å². The minimum atomic E-state index is -0.233. The van der Waals surface area contributed by atoms with E-state index in [2.05, 4.69) is 0 Å². The Morgan fingerprint density at radius 1 is 1.18 bits per heavy atom. The summed E-state index contributed by atoms with van der Waals surface area (Å²) in [7, 11) is 1.78. The SMILES string of the molecule is CC1C(=O)c2ccc3ccccc3c2ON1C. The predicted octanol–water partition coefficient (Wildman–Crippen LogP) is 2.65. The summed E-state index contributed by atoms with van der Waals surface area (Å²) in [5, 5.41) is 3.68. The highest BCUT2D eigenvalue weighted by molar-refractivity contribution is 6.07. The summed E-state index contributed by atoms with van der Waals surface area (Å²) in [6, 6.07) is 11.5. The van der Waals surface area contributed by atoms with Gasteiger partial charge in [-0.15, -0.1) is 5.06 Å². The fraction of sp³-hybridized carbons (Fsp3) is 0.214. The first kappa shape index (κ1) is 10.3. The van der Waals surface area contributed by atoms with Gasteiger partial charge in [0.2, 0.25) is 0 Å². The standard InChI is InChI=1S/C14H13NO2/c1-9-13(16)12-8-7-10-5-3-4-6-11(10)14(12)17-15(9)2/h3-9H,1-2H3. The molecular formula is C14H13NO2. The average molecular weight is 227 g/mol. The number of nitrogens with zero attached hydrogens (tertiary/aromatic N) is 1. The molecule has 0 amide bonds. The number of carbonyl (C=O) groups excluding carboxylic acids is 1. The largest absolute Gasteiger partial charge is 0.404 e. The van der Waals surface area contributed by atoms with Gasteiger partial charge in [-0.2, -0.15) is 0 Å². The molecule has 17 heavy (non-hydrogen) atoms. The first-order valence-electron chi connectivity index (χ1n) is 5.65. The maximum atomic E-state index is 12.1. The highest BCUT2D eigenvalue weighted by atomic mass is 16.7. The van der Waals surface area contributed by atoms with E-state index >= 15 is 0 Å². The van der Waals surface area contributed by atoms with E-state index in [1.807, 2.05) is 43.3 Å². The molecule has 0 radical (unpaired) electrons. The van der Waals surface area contributed by atoms with Crippen molar-refractivity contribution < 1.29 is 9.63 Å². The molecule has 3 rings (SSSR count). The van der Waals surface area contributed by atoms with E-state index in [0.29, 0.717) is 11.3 Å². The second-order valence-electron chi connectivity index (χ2n) is 4.34. The van der Waals surface area contributed by atoms with Crippen LogP contribution in [-0.2, 0) is 0 Å². The van der Waals surface area contributed by atoms with Gasteiger partial charge in [0.1, 0.15) is 6.04 Å². The lowest BCUT2D eigenvalue weighted by Gasteiger charge is -2.30. The molecule has 1 unspecified atom stereocenters. The van der Waals surface area contributed by atoms with Gasteiger partial charge in [-0.25, -0.2) is 0 Å². The van der Waals surface area contributed by atoms with Gasteiger partial charge in [0, 0.05) is 12.4 Å². The Kier molecular flexibility index (Phi) is 2.16. The Bertz CT molecular complexity index is 606. The number of hydrogen-bond donors (Lipinski definition) is 0. The third kappa shape index (κ3) is 1.43. The summed E-state index contributed by atoms with van der Waals surface area (Å²) in [4.78, 5) is 17.9. The minimum Gasteiger partial charge on any atom is -0.404 e. The van der Waals surface area contributed by atoms with E-state index in [4.69, 9.17) is 4.84 Å². The highest BCUT2D eigenvalue weighted by Gasteiger charge is 2.30. The van der Waals surface area contributed by atoms with E-state index in [1.54, 1.807) is 12.1 Å². The molecule has 1 atom stereocenters. The van der Waals surface area contributed by atoms with Gasteiger partial charge >= 0.3 is 0 Å². The molecule has 2 aromatic rings. The first-order valence-corrected chi connectivity index (χ1v) is 5.65. The number of fused-ring (bicyclic) bond motifs is 3. The quantitative estimate of drug-likeness (QED) is 0.693. The van der Waals surface area contributed by atoms with E-state index in [9.17, 15) is 4.79 Å². The van der Waals surface area contributed by atoms with Crippen molar-refractivity contribution in [2.45, 2.75) is 13.0 Å². The van der Waals surface area contributed by atoms with Crippen LogP contribution in [0.4, 0.5) is 0 Å². The Morgan fingerprint density at radius 2 is 1.94 bits per heavy atom. The summed E-state index contributed by atoms with van der Waals surface area (Å²) in [6.07, 6.45) is 0. The van der Waals surface area contributed by atoms with Gasteiger partial charge in [0.05, 0.1) is 5.56 Å². The normalized spacial score (nSPS) is 20.1. The van der Waals surface area contributed by atoms with Crippen LogP contribution in [0.25, 0.3) is 10.8 Å². The van der Waals surface area contributed by atoms with Crippen LogP contribution in [0.15, 0.2) is 36.4 Å². The second kappa shape index (κ2) is 3.57. The molecule has 1 aliphatic rings. The molecule has 0 spiro atoms. The van der Waals surface area contributed by atoms with Crippen LogP contribution in [0.2, 0.25) is 0 Å². The van der Waals surface area contributed by atoms with Gasteiger partial charge in [-0.05, 0) is 18.4 Å². The van der Waals surface area contributed by atoms with Crippen LogP contribution in [0, 0.1) is 0 Å². The fourth-order valence-electron chi connectivity index (χ4n) is 2.15. The van der Waals surface area contributed by atoms with Gasteiger partial charge in [-0.3, -0.25) is 4.79 Å². The first-order chi connectivity index (χ1) is 8.18. The van der Waals surface area contributed by atoms with Crippen LogP contribution in [0.1, 0.15) is 17.3 Å². The van der Waals surface area contributed by atoms with Crippen molar-refractivity contribution in [3.8, 4) is 5.75 Å². The fourth-order valence-corrected chi connectivity index (χ4v) is 2.15. The van der Waals surface area contributed by atoms with Crippen molar-refractivity contribution >= 4 is 16.6 Å². The number of likely N-dealkylation sites (N-methyl/N-ethyl adjacent to an activating group) is 1. The van der Waals surface area contributed by atoms with Crippen molar-refractivity contribution in [3.63, 3.8) is 0 Å². The number of hydrogen-bond acceptors (Lipinski definition) is 3. The molecule has 1 heterocycles. The van der Waals surface area contributed by atoms with Gasteiger partial charge in [-0.1, -0.05) is 30.3 Å². The van der Waals surface area contributed by atoms with Gasteiger partial charge in [0.15, 0.2) is 11.5 Å². The van der Waals surface area contributed by atoms with Crippen LogP contribution in [0.5, 0.6) is 5.75 Å². The van der Waals surface area contributed by atoms with Crippen molar-refractivity contribution in [2.24, 2.45) is 0 Å². The molecule has 0 aliphatic carbocycles. The van der Waals surface area contributed by atoms with E-state index < -0.39 is 0 Å². The Hall–Kier alpha value is -1.87. The lowest BCUT2D eigenvalue weighted by atomic mass is 9.98. The summed E-state index contributed by atoms with van der Waals surface area (Å²) >= 11 is 0. The van der Waals surface area contributed by atoms with Crippen molar-refractivity contribution in [3.05, 3.63) is 42.0 Å². The summed E-state index contributed by atoms with van der Waals surface area (Å²) in [6.45, 7) is 1.85. The molecule has 3 nitrogen and oxygen atoms in total. The lowest BCUT2D eigenvalue weighted by molar-refractivity contribution is -0.0616. The molecule has 0 bridgehead atoms. The Labute approximate surface area is 99.6 Å². The molecule has 2 aromatic carbocycles. The van der Waals surface area contributed by atoms with Crippen LogP contribution < -0.4 is 4.84 Å². The zero-order valence-electron chi connectivity index (χ0n) is 9.81. The maximum absolute atomic E-state index is 12.1. The zero-order chi connectivity index (χ0) is 12.0. The average Bonchev–Trinajstić information content (AvgIpc) is 2.36. The number of carbonyl (C=O) groups is 1. The smallest absolute Gasteiger partial charge is 0.186 e. The molecule has 0 saturated carbocycles. The zero-order valence-corrected chi connectivity index (χ0v) is 9.81. The molecule has 1 aliphatic heterocycles. The maximum Gasteiger partial charge on any atom is 0.186 e. The highest BCUT2D eigenvalue weighted by Crippen LogP contribution is 2.34. The summed E-state index contributed by atoms with van der Waals surface area (Å²) in [5.74, 6) is 0.785. The summed E-state index contributed by atoms with van der Waals surface area (Å²) < 4.78 is 0. The topological polar surface area (TPSA) is 29.5 Å². The van der Waals surface area contributed by atoms with Crippen molar-refractivity contribution in [2.75, 3.05) is 7.05 Å². The minimum absolute atomic E-state index is 0.111. The molecular weight excluding hydrogens is 214 g/mol. The van der Waals surface area contributed by atoms with Crippen LogP contribution >= 0.6 is 0 Å². The third-order valence-electron chi connectivity index (χ3n) is 3.31. The van der Waals surface area contributed by atoms with E-state index in [0.717, 1.165) is 10.8 Å². The molecule has 3 heteroatoms. The van der Waals surface area contributed by atoms with E-state index in [-0.39, 0.29) is 11.8 Å². The third-order valence-corrected chi connectivity index (χ3v) is 3.31. The molecule has 0 aromatic heterocycles. The lowest BCUT2D eigenvalue weighted by Crippen LogP contribution is -2.42. The number of hydroxylamine groups is 2. The Morgan fingerprint density at radius 3 is 2.76 bits per heavy atom. The number of rotatable bonds is 0. The van der Waals surface area contributed by atoms with Crippen LogP contribution in [0.3, 0.4) is 0 Å². The summed E-state index contributed by atoms with van der Waals surface area (Å²) in [5.41, 5.74) is 0.675. The molecule has 86 valence electrons. The Balaban J connectivity index is 2.31. The predicted molar refractivity (Wildman–Crippen MR) is 66.1 cm³/mol. The molecule has 0 fully saturated rings. The number of ketones is 1.